The minimum atomic E-state index is -1.15. The summed E-state index contributed by atoms with van der Waals surface area (Å²) in [7, 11) is 0. The molecule has 0 aliphatic carbocycles. The Morgan fingerprint density at radius 2 is 1.82 bits per heavy atom. The topological polar surface area (TPSA) is 108 Å². The number of hydrogen-bond donors (Lipinski definition) is 2. The molecular formula is C30H45N3O6. The zero-order valence-electron chi connectivity index (χ0n) is 24.2. The number of anilines is 2. The summed E-state index contributed by atoms with van der Waals surface area (Å²) in [6, 6.07) is 6.12. The Kier molecular flexibility index (Phi) is 8.61. The third-order valence-electron chi connectivity index (χ3n) is 9.02. The zero-order valence-corrected chi connectivity index (χ0v) is 24.2. The van der Waals surface area contributed by atoms with Crippen LogP contribution in [0.2, 0.25) is 0 Å². The number of esters is 1. The van der Waals surface area contributed by atoms with E-state index in [4.69, 9.17) is 9.47 Å². The van der Waals surface area contributed by atoms with Crippen LogP contribution in [0.1, 0.15) is 67.2 Å². The summed E-state index contributed by atoms with van der Waals surface area (Å²) in [5, 5.41) is 13.4. The Hall–Kier alpha value is -2.65. The molecule has 3 aliphatic heterocycles. The van der Waals surface area contributed by atoms with Crippen LogP contribution >= 0.6 is 0 Å². The molecule has 0 radical (unpaired) electrons. The number of nitrogens with one attached hydrogen (secondary N) is 1. The summed E-state index contributed by atoms with van der Waals surface area (Å²) in [5.41, 5.74) is -0.311. The first-order valence-corrected chi connectivity index (χ1v) is 14.6. The summed E-state index contributed by atoms with van der Waals surface area (Å²) in [4.78, 5) is 45.4. The largest absolute Gasteiger partial charge is 0.466 e. The van der Waals surface area contributed by atoms with Gasteiger partial charge >= 0.3 is 5.97 Å². The van der Waals surface area contributed by atoms with Gasteiger partial charge in [-0.15, -0.1) is 0 Å². The molecule has 4 rings (SSSR count). The molecule has 2 bridgehead atoms. The van der Waals surface area contributed by atoms with Crippen molar-refractivity contribution in [2.45, 2.75) is 90.5 Å². The zero-order chi connectivity index (χ0) is 28.5. The normalized spacial score (nSPS) is 30.0. The van der Waals surface area contributed by atoms with Crippen molar-refractivity contribution in [1.82, 2.24) is 4.90 Å². The fraction of sp³-hybridized carbons (Fsp3) is 0.700. The number of carbonyl (C=O) groups is 3. The van der Waals surface area contributed by atoms with E-state index in [0.29, 0.717) is 31.4 Å². The van der Waals surface area contributed by atoms with E-state index in [1.807, 2.05) is 45.0 Å². The third kappa shape index (κ3) is 4.82. The number of rotatable bonds is 12. The minimum absolute atomic E-state index is 0.185. The Balaban J connectivity index is 1.73. The lowest BCUT2D eigenvalue weighted by Crippen LogP contribution is -2.56. The van der Waals surface area contributed by atoms with Crippen molar-refractivity contribution in [3.8, 4) is 0 Å². The number of amides is 2. The SMILES string of the molecule is CCOC(=O)[C@@H]1[C@H]2C(=O)N([C@@H](CO)CC(C)C)C(C(=O)Nc3ccc(N(CC)CC)cc3)C23CC[C@@]1(CC)O3. The van der Waals surface area contributed by atoms with Crippen LogP contribution in [0.25, 0.3) is 0 Å². The molecule has 0 saturated carbocycles. The van der Waals surface area contributed by atoms with Crippen LogP contribution in [0.5, 0.6) is 0 Å². The molecule has 2 unspecified atom stereocenters. The van der Waals surface area contributed by atoms with Crippen LogP contribution in [0, 0.1) is 17.8 Å². The fourth-order valence-corrected chi connectivity index (χ4v) is 7.31. The van der Waals surface area contributed by atoms with Crippen LogP contribution in [-0.2, 0) is 23.9 Å². The van der Waals surface area contributed by atoms with Crippen LogP contribution in [0.4, 0.5) is 11.4 Å². The number of likely N-dealkylation sites (tertiary alicyclic amines) is 1. The summed E-state index contributed by atoms with van der Waals surface area (Å²) in [6.07, 6.45) is 2.12. The number of benzene rings is 1. The van der Waals surface area contributed by atoms with Crippen molar-refractivity contribution in [2.24, 2.45) is 17.8 Å². The quantitative estimate of drug-likeness (QED) is 0.388. The highest BCUT2D eigenvalue weighted by Gasteiger charge is 2.79. The lowest BCUT2D eigenvalue weighted by molar-refractivity contribution is -0.161. The number of aliphatic hydroxyl groups excluding tert-OH is 1. The van der Waals surface area contributed by atoms with Crippen molar-refractivity contribution in [3.05, 3.63) is 24.3 Å². The number of carbonyl (C=O) groups excluding carboxylic acids is 3. The molecule has 216 valence electrons. The van der Waals surface area contributed by atoms with Gasteiger partial charge in [-0.05, 0) is 76.6 Å². The molecule has 3 fully saturated rings. The van der Waals surface area contributed by atoms with Gasteiger partial charge in [-0.25, -0.2) is 0 Å². The van der Waals surface area contributed by atoms with Gasteiger partial charge in [-0.3, -0.25) is 14.4 Å². The summed E-state index contributed by atoms with van der Waals surface area (Å²) in [6.45, 7) is 13.6. The van der Waals surface area contributed by atoms with Crippen molar-refractivity contribution in [3.63, 3.8) is 0 Å². The Bertz CT molecular complexity index is 1060. The molecule has 3 saturated heterocycles. The van der Waals surface area contributed by atoms with E-state index in [0.717, 1.165) is 18.8 Å². The van der Waals surface area contributed by atoms with E-state index in [1.165, 1.54) is 4.90 Å². The average molecular weight is 544 g/mol. The second kappa shape index (κ2) is 11.5. The Morgan fingerprint density at radius 3 is 2.36 bits per heavy atom. The minimum Gasteiger partial charge on any atom is -0.466 e. The molecule has 39 heavy (non-hydrogen) atoms. The smallest absolute Gasteiger partial charge is 0.312 e. The lowest BCUT2D eigenvalue weighted by Gasteiger charge is -2.37. The van der Waals surface area contributed by atoms with Gasteiger partial charge in [-0.1, -0.05) is 20.8 Å². The van der Waals surface area contributed by atoms with Gasteiger partial charge in [0.1, 0.15) is 17.6 Å². The third-order valence-corrected chi connectivity index (χ3v) is 9.02. The molecular weight excluding hydrogens is 498 g/mol. The number of hydrogen-bond acceptors (Lipinski definition) is 7. The first-order chi connectivity index (χ1) is 18.6. The molecule has 3 aliphatic rings. The standard InChI is InChI=1S/C30H45N3O6/c1-7-29-15-16-30(39-29)23(24(29)28(37)38-10-4)27(36)33(22(18-34)17-19(5)6)25(30)26(35)31-20-11-13-21(14-12-20)32(8-2)9-3/h11-14,19,22-25,34H,7-10,15-18H2,1-6H3,(H,31,35)/t22-,23+,24+,25?,29-,30?/m1/s1. The van der Waals surface area contributed by atoms with E-state index < -0.39 is 41.1 Å². The van der Waals surface area contributed by atoms with E-state index in [9.17, 15) is 19.5 Å². The molecule has 0 aromatic heterocycles. The van der Waals surface area contributed by atoms with Crippen LogP contribution in [0.15, 0.2) is 24.3 Å². The van der Waals surface area contributed by atoms with E-state index in [1.54, 1.807) is 6.92 Å². The second-order valence-electron chi connectivity index (χ2n) is 11.5. The highest BCUT2D eigenvalue weighted by molar-refractivity contribution is 6.03. The van der Waals surface area contributed by atoms with Gasteiger partial charge < -0.3 is 29.7 Å². The predicted molar refractivity (Wildman–Crippen MR) is 149 cm³/mol. The highest BCUT2D eigenvalue weighted by atomic mass is 16.6. The van der Waals surface area contributed by atoms with E-state index in [-0.39, 0.29) is 30.9 Å². The number of aliphatic hydroxyl groups is 1. The van der Waals surface area contributed by atoms with Gasteiger partial charge in [0, 0.05) is 24.5 Å². The van der Waals surface area contributed by atoms with Crippen molar-refractivity contribution in [1.29, 1.82) is 0 Å². The van der Waals surface area contributed by atoms with Gasteiger partial charge in [0.2, 0.25) is 11.8 Å². The first-order valence-electron chi connectivity index (χ1n) is 14.6. The van der Waals surface area contributed by atoms with Gasteiger partial charge in [0.05, 0.1) is 30.8 Å². The van der Waals surface area contributed by atoms with E-state index >= 15 is 0 Å². The molecule has 3 heterocycles. The van der Waals surface area contributed by atoms with Crippen molar-refractivity contribution >= 4 is 29.2 Å². The first kappa shape index (κ1) is 29.3. The Labute approximate surface area is 232 Å². The number of nitrogens with zero attached hydrogens (tertiary/aromatic N) is 2. The number of ether oxygens (including phenoxy) is 2. The molecule has 9 nitrogen and oxygen atoms in total. The molecule has 2 amide bonds. The van der Waals surface area contributed by atoms with Gasteiger partial charge in [0.15, 0.2) is 0 Å². The number of fused-ring (bicyclic) bond motifs is 1. The lowest BCUT2D eigenvalue weighted by atomic mass is 9.65. The average Bonchev–Trinajstić information content (AvgIpc) is 3.52. The van der Waals surface area contributed by atoms with Crippen LogP contribution < -0.4 is 10.2 Å². The monoisotopic (exact) mass is 543 g/mol. The summed E-state index contributed by atoms with van der Waals surface area (Å²) in [5.74, 6) is -2.54. The molecule has 9 heteroatoms. The maximum Gasteiger partial charge on any atom is 0.312 e. The molecule has 1 aromatic carbocycles. The summed E-state index contributed by atoms with van der Waals surface area (Å²) >= 11 is 0. The molecule has 1 spiro atoms. The molecule has 1 aromatic rings. The maximum atomic E-state index is 14.2. The maximum absolute atomic E-state index is 14.2. The summed E-state index contributed by atoms with van der Waals surface area (Å²) < 4.78 is 12.2. The highest BCUT2D eigenvalue weighted by Crippen LogP contribution is 2.64. The van der Waals surface area contributed by atoms with Crippen molar-refractivity contribution in [2.75, 3.05) is 36.5 Å². The molecule has 6 atom stereocenters. The molecule has 2 N–H and O–H groups in total. The predicted octanol–water partition coefficient (Wildman–Crippen LogP) is 3.60. The van der Waals surface area contributed by atoms with Crippen LogP contribution in [-0.4, -0.2) is 77.4 Å². The Morgan fingerprint density at radius 1 is 1.15 bits per heavy atom. The van der Waals surface area contributed by atoms with Gasteiger partial charge in [-0.2, -0.15) is 0 Å². The second-order valence-corrected chi connectivity index (χ2v) is 11.5. The van der Waals surface area contributed by atoms with Gasteiger partial charge in [0.25, 0.3) is 0 Å². The fourth-order valence-electron chi connectivity index (χ4n) is 7.31. The van der Waals surface area contributed by atoms with E-state index in [2.05, 4.69) is 24.1 Å². The van der Waals surface area contributed by atoms with Crippen LogP contribution in [0.3, 0.4) is 0 Å². The van der Waals surface area contributed by atoms with Crippen molar-refractivity contribution < 1.29 is 29.0 Å².